The Bertz CT molecular complexity index is 718. The molecule has 0 bridgehead atoms. The quantitative estimate of drug-likeness (QED) is 0.836. The summed E-state index contributed by atoms with van der Waals surface area (Å²) in [5.41, 5.74) is 1.21. The van der Waals surface area contributed by atoms with Crippen molar-refractivity contribution in [1.29, 1.82) is 0 Å². The number of carbonyl (C=O) groups is 2. The maximum atomic E-state index is 11.8. The van der Waals surface area contributed by atoms with Crippen LogP contribution in [0.5, 0.6) is 0 Å². The van der Waals surface area contributed by atoms with Crippen molar-refractivity contribution in [2.45, 2.75) is 6.42 Å². The monoisotopic (exact) mass is 370 g/mol. The standard InChI is InChI=1S/C16H13Cl3N2O2/c17-11-3-1-10(2-4-11)7-15(22)20-9-16(23)21-14-8-12(18)5-6-13(14)19/h1-6,8H,7,9H2,(H,20,22)(H,21,23). The number of carbonyl (C=O) groups excluding carboxylic acids is 2. The lowest BCUT2D eigenvalue weighted by Gasteiger charge is -2.09. The zero-order chi connectivity index (χ0) is 16.8. The Kier molecular flexibility index (Phi) is 6.28. The minimum atomic E-state index is -0.390. The first kappa shape index (κ1) is 17.6. The Morgan fingerprint density at radius 1 is 0.870 bits per heavy atom. The van der Waals surface area contributed by atoms with Crippen LogP contribution in [0.25, 0.3) is 0 Å². The highest BCUT2D eigenvalue weighted by molar-refractivity contribution is 6.35. The maximum Gasteiger partial charge on any atom is 0.243 e. The zero-order valence-corrected chi connectivity index (χ0v) is 14.2. The summed E-state index contributed by atoms with van der Waals surface area (Å²) in [5, 5.41) is 6.56. The van der Waals surface area contributed by atoms with E-state index in [0.717, 1.165) is 5.56 Å². The molecule has 0 saturated heterocycles. The lowest BCUT2D eigenvalue weighted by Crippen LogP contribution is -2.33. The highest BCUT2D eigenvalue weighted by atomic mass is 35.5. The van der Waals surface area contributed by atoms with Gasteiger partial charge in [0.05, 0.1) is 23.7 Å². The molecule has 7 heteroatoms. The van der Waals surface area contributed by atoms with E-state index in [4.69, 9.17) is 34.8 Å². The van der Waals surface area contributed by atoms with Crippen molar-refractivity contribution in [3.05, 3.63) is 63.1 Å². The summed E-state index contributed by atoms with van der Waals surface area (Å²) in [6.45, 7) is -0.157. The summed E-state index contributed by atoms with van der Waals surface area (Å²) >= 11 is 17.6. The van der Waals surface area contributed by atoms with Crippen molar-refractivity contribution in [1.82, 2.24) is 5.32 Å². The largest absolute Gasteiger partial charge is 0.347 e. The number of nitrogens with one attached hydrogen (secondary N) is 2. The van der Waals surface area contributed by atoms with Crippen LogP contribution in [0.15, 0.2) is 42.5 Å². The van der Waals surface area contributed by atoms with Gasteiger partial charge in [0.25, 0.3) is 0 Å². The van der Waals surface area contributed by atoms with E-state index in [0.29, 0.717) is 20.8 Å². The zero-order valence-electron chi connectivity index (χ0n) is 11.9. The molecule has 0 aliphatic rings. The molecular weight excluding hydrogens is 359 g/mol. The smallest absolute Gasteiger partial charge is 0.243 e. The minimum absolute atomic E-state index is 0.157. The van der Waals surface area contributed by atoms with E-state index < -0.39 is 5.91 Å². The van der Waals surface area contributed by atoms with Gasteiger partial charge in [0.1, 0.15) is 0 Å². The predicted molar refractivity (Wildman–Crippen MR) is 93.3 cm³/mol. The molecule has 0 aromatic heterocycles. The van der Waals surface area contributed by atoms with Crippen molar-refractivity contribution in [2.24, 2.45) is 0 Å². The molecule has 2 rings (SSSR count). The van der Waals surface area contributed by atoms with Gasteiger partial charge < -0.3 is 10.6 Å². The second-order valence-electron chi connectivity index (χ2n) is 4.75. The SMILES string of the molecule is O=C(Cc1ccc(Cl)cc1)NCC(=O)Nc1cc(Cl)ccc1Cl. The fraction of sp³-hybridized carbons (Fsp3) is 0.125. The highest BCUT2D eigenvalue weighted by Crippen LogP contribution is 2.25. The van der Waals surface area contributed by atoms with E-state index in [1.165, 1.54) is 6.07 Å². The molecule has 2 amide bonds. The van der Waals surface area contributed by atoms with Crippen LogP contribution in [0.1, 0.15) is 5.56 Å². The summed E-state index contributed by atoms with van der Waals surface area (Å²) in [4.78, 5) is 23.6. The summed E-state index contributed by atoms with van der Waals surface area (Å²) in [5.74, 6) is -0.654. The third kappa shape index (κ3) is 5.75. The van der Waals surface area contributed by atoms with Gasteiger partial charge >= 0.3 is 0 Å². The van der Waals surface area contributed by atoms with Gasteiger partial charge in [0.2, 0.25) is 11.8 Å². The van der Waals surface area contributed by atoms with E-state index in [9.17, 15) is 9.59 Å². The molecule has 120 valence electrons. The first-order valence-electron chi connectivity index (χ1n) is 6.70. The Balaban J connectivity index is 1.83. The van der Waals surface area contributed by atoms with Gasteiger partial charge in [-0.2, -0.15) is 0 Å². The van der Waals surface area contributed by atoms with Gasteiger partial charge in [-0.25, -0.2) is 0 Å². The van der Waals surface area contributed by atoms with Gasteiger partial charge in [-0.15, -0.1) is 0 Å². The molecule has 0 spiro atoms. The van der Waals surface area contributed by atoms with Crippen LogP contribution < -0.4 is 10.6 Å². The predicted octanol–water partition coefficient (Wildman–Crippen LogP) is 3.94. The Hall–Kier alpha value is -1.75. The third-order valence-corrected chi connectivity index (χ3v) is 3.74. The first-order chi connectivity index (χ1) is 10.9. The number of hydrogen-bond acceptors (Lipinski definition) is 2. The van der Waals surface area contributed by atoms with Crippen LogP contribution in [-0.2, 0) is 16.0 Å². The molecule has 0 heterocycles. The van der Waals surface area contributed by atoms with E-state index in [1.54, 1.807) is 36.4 Å². The average molecular weight is 372 g/mol. The van der Waals surface area contributed by atoms with Crippen LogP contribution in [0.4, 0.5) is 5.69 Å². The molecule has 0 aliphatic heterocycles. The molecule has 2 aromatic carbocycles. The Labute approximate surface area is 148 Å². The lowest BCUT2D eigenvalue weighted by atomic mass is 10.1. The molecule has 0 atom stereocenters. The van der Waals surface area contributed by atoms with Crippen LogP contribution in [-0.4, -0.2) is 18.4 Å². The minimum Gasteiger partial charge on any atom is -0.347 e. The molecule has 0 unspecified atom stereocenters. The third-order valence-electron chi connectivity index (χ3n) is 2.93. The molecule has 0 fully saturated rings. The molecule has 23 heavy (non-hydrogen) atoms. The molecule has 0 saturated carbocycles. The van der Waals surface area contributed by atoms with Crippen LogP contribution >= 0.6 is 34.8 Å². The van der Waals surface area contributed by atoms with Gasteiger partial charge in [0, 0.05) is 10.0 Å². The van der Waals surface area contributed by atoms with Crippen LogP contribution in [0.3, 0.4) is 0 Å². The Morgan fingerprint density at radius 3 is 2.22 bits per heavy atom. The number of benzene rings is 2. The van der Waals surface area contributed by atoms with Gasteiger partial charge in [-0.05, 0) is 35.9 Å². The summed E-state index contributed by atoms with van der Waals surface area (Å²) in [7, 11) is 0. The fourth-order valence-corrected chi connectivity index (χ4v) is 2.28. The molecule has 2 N–H and O–H groups in total. The summed E-state index contributed by atoms with van der Waals surface area (Å²) in [6, 6.07) is 11.7. The van der Waals surface area contributed by atoms with Crippen LogP contribution in [0.2, 0.25) is 15.1 Å². The first-order valence-corrected chi connectivity index (χ1v) is 7.83. The van der Waals surface area contributed by atoms with Crippen molar-refractivity contribution in [3.63, 3.8) is 0 Å². The highest BCUT2D eigenvalue weighted by Gasteiger charge is 2.09. The lowest BCUT2D eigenvalue weighted by molar-refractivity contribution is -0.123. The normalized spacial score (nSPS) is 10.2. The van der Waals surface area contributed by atoms with E-state index >= 15 is 0 Å². The van der Waals surface area contributed by atoms with E-state index in [1.807, 2.05) is 0 Å². The summed E-state index contributed by atoms with van der Waals surface area (Å²) < 4.78 is 0. The van der Waals surface area contributed by atoms with E-state index in [-0.39, 0.29) is 18.9 Å². The topological polar surface area (TPSA) is 58.2 Å². The van der Waals surface area contributed by atoms with Gasteiger partial charge in [-0.1, -0.05) is 46.9 Å². The average Bonchev–Trinajstić information content (AvgIpc) is 2.51. The van der Waals surface area contributed by atoms with Crippen molar-refractivity contribution < 1.29 is 9.59 Å². The summed E-state index contributed by atoms with van der Waals surface area (Å²) in [6.07, 6.45) is 0.169. The van der Waals surface area contributed by atoms with Gasteiger partial charge in [-0.3, -0.25) is 9.59 Å². The molecule has 2 aromatic rings. The van der Waals surface area contributed by atoms with Gasteiger partial charge in [0.15, 0.2) is 0 Å². The maximum absolute atomic E-state index is 11.8. The fourth-order valence-electron chi connectivity index (χ4n) is 1.82. The number of anilines is 1. The van der Waals surface area contributed by atoms with Crippen molar-refractivity contribution >= 4 is 52.3 Å². The second-order valence-corrected chi connectivity index (χ2v) is 6.03. The number of hydrogen-bond donors (Lipinski definition) is 2. The molecule has 0 radical (unpaired) electrons. The molecule has 4 nitrogen and oxygen atoms in total. The Morgan fingerprint density at radius 2 is 1.52 bits per heavy atom. The van der Waals surface area contributed by atoms with Crippen LogP contribution in [0, 0.1) is 0 Å². The number of rotatable bonds is 5. The van der Waals surface area contributed by atoms with Crippen molar-refractivity contribution in [3.8, 4) is 0 Å². The van der Waals surface area contributed by atoms with E-state index in [2.05, 4.69) is 10.6 Å². The number of amides is 2. The number of halogens is 3. The molecular formula is C16H13Cl3N2O2. The molecule has 0 aliphatic carbocycles. The van der Waals surface area contributed by atoms with Crippen molar-refractivity contribution in [2.75, 3.05) is 11.9 Å². The second kappa shape index (κ2) is 8.20.